The first-order valence-corrected chi connectivity index (χ1v) is 27.9. The lowest BCUT2D eigenvalue weighted by atomic mass is 9.76. The fourth-order valence-corrected chi connectivity index (χ4v) is 10.5. The van der Waals surface area contributed by atoms with Gasteiger partial charge in [0.2, 0.25) is 0 Å². The molecule has 0 N–H and O–H groups in total. The van der Waals surface area contributed by atoms with Crippen LogP contribution in [0.4, 0.5) is 0 Å². The molecule has 362 valence electrons. The zero-order valence-corrected chi connectivity index (χ0v) is 44.3. The van der Waals surface area contributed by atoms with Gasteiger partial charge in [-0.3, -0.25) is 0 Å². The van der Waals surface area contributed by atoms with Crippen molar-refractivity contribution in [1.29, 1.82) is 0 Å². The lowest BCUT2D eigenvalue weighted by molar-refractivity contribution is -0.976. The topological polar surface area (TPSA) is 26.3 Å². The van der Waals surface area contributed by atoms with Gasteiger partial charge < -0.3 is 26.2 Å². The van der Waals surface area contributed by atoms with Crippen LogP contribution in [-0.2, 0) is 9.53 Å². The summed E-state index contributed by atoms with van der Waals surface area (Å²) in [5.74, 6) is 0.129. The Labute approximate surface area is 391 Å². The molecule has 0 spiro atoms. The fraction of sp³-hybridized carbons (Fsp3) is 0.982. The van der Waals surface area contributed by atoms with Crippen LogP contribution in [0.25, 0.3) is 0 Å². The number of carbonyl (C=O) groups excluding carboxylic acids is 1. The first kappa shape index (κ1) is 62.0. The van der Waals surface area contributed by atoms with Crippen molar-refractivity contribution in [2.45, 2.75) is 336 Å². The van der Waals surface area contributed by atoms with Crippen molar-refractivity contribution in [3.63, 3.8) is 0 Å². The van der Waals surface area contributed by atoms with Crippen LogP contribution in [0.5, 0.6) is 0 Å². The number of hydrogen-bond acceptors (Lipinski definition) is 2. The average Bonchev–Trinajstić information content (AvgIpc) is 3.23. The van der Waals surface area contributed by atoms with Crippen LogP contribution in [0, 0.1) is 0 Å². The van der Waals surface area contributed by atoms with Crippen LogP contribution in [-0.4, -0.2) is 42.2 Å². The molecule has 0 aliphatic rings. The van der Waals surface area contributed by atoms with Gasteiger partial charge in [-0.1, -0.05) is 253 Å². The summed E-state index contributed by atoms with van der Waals surface area (Å²) < 4.78 is 7.12. The van der Waals surface area contributed by atoms with Crippen molar-refractivity contribution in [3.8, 4) is 0 Å². The van der Waals surface area contributed by atoms with Crippen molar-refractivity contribution in [2.75, 3.05) is 20.2 Å². The van der Waals surface area contributed by atoms with E-state index in [9.17, 15) is 4.79 Å². The second kappa shape index (κ2) is 46.9. The summed E-state index contributed by atoms with van der Waals surface area (Å²) in [6, 6.07) is -0.0308. The number of quaternary nitrogens is 1. The van der Waals surface area contributed by atoms with E-state index in [-0.39, 0.29) is 34.5 Å². The molecule has 3 nitrogen and oxygen atoms in total. The van der Waals surface area contributed by atoms with Crippen LogP contribution >= 0.6 is 0 Å². The third kappa shape index (κ3) is 32.5. The molecule has 0 aromatic heterocycles. The number of likely N-dealkylation sites (N-methyl/N-ethyl adjacent to an activating group) is 1. The Morgan fingerprint density at radius 2 is 0.633 bits per heavy atom. The summed E-state index contributed by atoms with van der Waals surface area (Å²) in [4.78, 5) is 14.6. The van der Waals surface area contributed by atoms with E-state index in [2.05, 4.69) is 41.7 Å². The van der Waals surface area contributed by atoms with E-state index in [1.807, 2.05) is 6.92 Å². The molecule has 0 aliphatic carbocycles. The third-order valence-corrected chi connectivity index (χ3v) is 14.6. The number of esters is 1. The van der Waals surface area contributed by atoms with Gasteiger partial charge in [0.15, 0.2) is 6.04 Å². The zero-order chi connectivity index (χ0) is 43.4. The quantitative estimate of drug-likeness (QED) is 0.0345. The molecule has 0 heterocycles. The molecular formula is C56H114BrNO2. The number of carbonyl (C=O) groups is 1. The Hall–Kier alpha value is -0.0900. The number of ether oxygens (including phenoxy) is 1. The van der Waals surface area contributed by atoms with Crippen molar-refractivity contribution < 1.29 is 31.0 Å². The molecule has 0 bridgehead atoms. The van der Waals surface area contributed by atoms with Crippen LogP contribution in [0.1, 0.15) is 324 Å². The first-order valence-electron chi connectivity index (χ1n) is 27.9. The average molecular weight is 913 g/mol. The van der Waals surface area contributed by atoms with Crippen LogP contribution in [0.3, 0.4) is 0 Å². The van der Waals surface area contributed by atoms with Gasteiger partial charge in [0.05, 0.1) is 25.7 Å². The second-order valence-corrected chi connectivity index (χ2v) is 19.9. The summed E-state index contributed by atoms with van der Waals surface area (Å²) in [6.07, 6.45) is 59.3. The zero-order valence-electron chi connectivity index (χ0n) is 42.7. The summed E-state index contributed by atoms with van der Waals surface area (Å²) in [5, 5.41) is 0. The highest BCUT2D eigenvalue weighted by Crippen LogP contribution is 2.43. The van der Waals surface area contributed by atoms with E-state index in [1.165, 1.54) is 276 Å². The normalized spacial score (nSPS) is 13.3. The Morgan fingerprint density at radius 1 is 0.383 bits per heavy atom. The Morgan fingerprint density at radius 3 is 0.917 bits per heavy atom. The maximum absolute atomic E-state index is 14.6. The molecule has 60 heavy (non-hydrogen) atoms. The van der Waals surface area contributed by atoms with E-state index in [4.69, 9.17) is 4.74 Å². The Bertz CT molecular complexity index is 799. The molecule has 0 aromatic rings. The number of hydrogen-bond donors (Lipinski definition) is 0. The molecule has 0 saturated heterocycles. The van der Waals surface area contributed by atoms with Gasteiger partial charge in [-0.25, -0.2) is 4.79 Å². The molecule has 4 heteroatoms. The highest BCUT2D eigenvalue weighted by Gasteiger charge is 2.53. The van der Waals surface area contributed by atoms with Crippen LogP contribution in [0.15, 0.2) is 0 Å². The summed E-state index contributed by atoms with van der Waals surface area (Å²) in [7, 11) is 2.62. The standard InChI is InChI=1S/C56H114NO2.BrH/c1-8-14-19-24-29-33-38-43-48-53-57(7,54(55(58)59-13-6)49-44-39-34-28-23-18-12-5)56(50-45-40-35-30-25-20-15-9-2,51-46-41-36-31-26-21-16-10-3)52-47-42-37-32-27-22-17-11-4;/h54H,8-53H2,1-7H3;1H/q+1;/p-1. The molecule has 0 saturated carbocycles. The van der Waals surface area contributed by atoms with Gasteiger partial charge in [0.1, 0.15) is 0 Å². The van der Waals surface area contributed by atoms with Crippen molar-refractivity contribution >= 4 is 5.97 Å². The maximum atomic E-state index is 14.6. The lowest BCUT2D eigenvalue weighted by Gasteiger charge is -2.55. The fourth-order valence-electron chi connectivity index (χ4n) is 10.5. The van der Waals surface area contributed by atoms with Crippen molar-refractivity contribution in [1.82, 2.24) is 0 Å². The summed E-state index contributed by atoms with van der Waals surface area (Å²) in [6.45, 7) is 15.3. The minimum Gasteiger partial charge on any atom is -1.00 e. The summed E-state index contributed by atoms with van der Waals surface area (Å²) in [5.41, 5.74) is 0.158. The Balaban J connectivity index is 0. The molecule has 0 aromatic carbocycles. The summed E-state index contributed by atoms with van der Waals surface area (Å²) >= 11 is 0. The van der Waals surface area contributed by atoms with E-state index in [0.29, 0.717) is 6.61 Å². The highest BCUT2D eigenvalue weighted by atomic mass is 79.9. The molecule has 2 unspecified atom stereocenters. The van der Waals surface area contributed by atoms with E-state index < -0.39 is 0 Å². The first-order chi connectivity index (χ1) is 28.9. The highest BCUT2D eigenvalue weighted by molar-refractivity contribution is 5.74. The largest absolute Gasteiger partial charge is 1.00 e. The minimum absolute atomic E-state index is 0. The van der Waals surface area contributed by atoms with Gasteiger partial charge >= 0.3 is 5.97 Å². The predicted octanol–water partition coefficient (Wildman–Crippen LogP) is 16.4. The number of halogens is 1. The van der Waals surface area contributed by atoms with Gasteiger partial charge in [-0.2, -0.15) is 0 Å². The number of rotatable bonds is 49. The van der Waals surface area contributed by atoms with E-state index >= 15 is 0 Å². The van der Waals surface area contributed by atoms with Crippen molar-refractivity contribution in [3.05, 3.63) is 0 Å². The minimum atomic E-state index is -0.0308. The van der Waals surface area contributed by atoms with E-state index in [1.54, 1.807) is 0 Å². The molecule has 0 amide bonds. The lowest BCUT2D eigenvalue weighted by Crippen LogP contribution is -3.00. The monoisotopic (exact) mass is 912 g/mol. The Kier molecular flexibility index (Phi) is 48.4. The predicted molar refractivity (Wildman–Crippen MR) is 266 cm³/mol. The molecule has 2 atom stereocenters. The van der Waals surface area contributed by atoms with Crippen molar-refractivity contribution in [2.24, 2.45) is 0 Å². The molecule has 0 aliphatic heterocycles. The molecule has 0 fully saturated rings. The van der Waals surface area contributed by atoms with Gasteiger partial charge in [-0.15, -0.1) is 0 Å². The third-order valence-electron chi connectivity index (χ3n) is 14.6. The van der Waals surface area contributed by atoms with Gasteiger partial charge in [0, 0.05) is 25.7 Å². The number of nitrogens with zero attached hydrogens (tertiary/aromatic N) is 1. The van der Waals surface area contributed by atoms with Gasteiger partial charge in [0.25, 0.3) is 0 Å². The molecule has 0 rings (SSSR count). The maximum Gasteiger partial charge on any atom is 0.364 e. The SMILES string of the molecule is CCCCCCCCCCC[N+](C)(C(CCCCCCCCC)C(=O)OCC)C(CCCCCCCCCC)(CCCCCCCCCC)CCCCCCCCCC.[Br-]. The number of unbranched alkanes of at least 4 members (excludes halogenated alkanes) is 35. The molecular weight excluding hydrogens is 799 g/mol. The van der Waals surface area contributed by atoms with Gasteiger partial charge in [-0.05, 0) is 45.4 Å². The van der Waals surface area contributed by atoms with Crippen LogP contribution in [0.2, 0.25) is 0 Å². The van der Waals surface area contributed by atoms with Crippen LogP contribution < -0.4 is 17.0 Å². The van der Waals surface area contributed by atoms with E-state index in [0.717, 1.165) is 17.4 Å². The molecule has 0 radical (unpaired) electrons. The second-order valence-electron chi connectivity index (χ2n) is 19.9. The smallest absolute Gasteiger partial charge is 0.364 e.